The van der Waals surface area contributed by atoms with Crippen LogP contribution in [0.4, 0.5) is 4.79 Å². The zero-order valence-electron chi connectivity index (χ0n) is 16.1. The van der Waals surface area contributed by atoms with E-state index in [1.807, 2.05) is 12.1 Å². The number of hydrogen-bond acceptors (Lipinski definition) is 6. The number of aldehydes is 1. The largest absolute Gasteiger partial charge is 0.469 e. The van der Waals surface area contributed by atoms with Gasteiger partial charge in [0.2, 0.25) is 0 Å². The van der Waals surface area contributed by atoms with Gasteiger partial charge in [0.1, 0.15) is 28.3 Å². The summed E-state index contributed by atoms with van der Waals surface area (Å²) in [5, 5.41) is 3.31. The number of hydrogen-bond donors (Lipinski definition) is 1. The predicted molar refractivity (Wildman–Crippen MR) is 114 cm³/mol. The Hall–Kier alpha value is -2.09. The predicted octanol–water partition coefficient (Wildman–Crippen LogP) is 5.42. The Morgan fingerprint density at radius 2 is 2.17 bits per heavy atom. The standard InChI is InChI=1S/C20H20Cl2N2O4S/c1-20(2,3)28-19(26)23-12(10-25)9-14-16(22)17-18(29-14)11(8-15(21)24-17)7-13-5-4-6-27-13/h4-6,8,10,12H,7,9H2,1-3H3,(H,23,26)/t12-/m1/s1. The number of halogens is 2. The summed E-state index contributed by atoms with van der Waals surface area (Å²) in [5.41, 5.74) is 0.840. The fraction of sp³-hybridized carbons (Fsp3) is 0.350. The first-order valence-electron chi connectivity index (χ1n) is 8.89. The molecule has 0 spiro atoms. The number of pyridine rings is 1. The van der Waals surface area contributed by atoms with Gasteiger partial charge in [-0.05, 0) is 44.5 Å². The molecule has 0 fully saturated rings. The second kappa shape index (κ2) is 8.73. The van der Waals surface area contributed by atoms with E-state index in [1.54, 1.807) is 33.1 Å². The third-order valence-corrected chi connectivity index (χ3v) is 5.90. The van der Waals surface area contributed by atoms with Crippen LogP contribution in [0, 0.1) is 0 Å². The molecule has 9 heteroatoms. The number of furan rings is 1. The molecule has 1 atom stereocenters. The first-order valence-corrected chi connectivity index (χ1v) is 10.5. The van der Waals surface area contributed by atoms with Crippen molar-refractivity contribution in [2.75, 3.05) is 0 Å². The Labute approximate surface area is 182 Å². The maximum Gasteiger partial charge on any atom is 0.408 e. The van der Waals surface area contributed by atoms with E-state index in [-0.39, 0.29) is 6.42 Å². The van der Waals surface area contributed by atoms with E-state index >= 15 is 0 Å². The number of nitrogens with one attached hydrogen (secondary N) is 1. The van der Waals surface area contributed by atoms with Gasteiger partial charge in [-0.1, -0.05) is 23.2 Å². The molecule has 1 N–H and O–H groups in total. The Balaban J connectivity index is 1.86. The summed E-state index contributed by atoms with van der Waals surface area (Å²) in [6.07, 6.45) is 2.37. The second-order valence-corrected chi connectivity index (χ2v) is 9.34. The van der Waals surface area contributed by atoms with E-state index in [9.17, 15) is 9.59 Å². The first-order chi connectivity index (χ1) is 13.7. The molecule has 3 heterocycles. The van der Waals surface area contributed by atoms with Crippen LogP contribution in [-0.4, -0.2) is 29.0 Å². The summed E-state index contributed by atoms with van der Waals surface area (Å²) in [5.74, 6) is 0.789. The maximum absolute atomic E-state index is 12.0. The molecule has 1 amide bonds. The number of aromatic nitrogens is 1. The van der Waals surface area contributed by atoms with Crippen LogP contribution in [0.15, 0.2) is 28.9 Å². The highest BCUT2D eigenvalue weighted by Crippen LogP contribution is 2.38. The van der Waals surface area contributed by atoms with Crippen molar-refractivity contribution in [3.8, 4) is 0 Å². The fourth-order valence-electron chi connectivity index (χ4n) is 2.77. The highest BCUT2D eigenvalue weighted by Gasteiger charge is 2.23. The number of carbonyl (C=O) groups is 2. The zero-order chi connectivity index (χ0) is 21.2. The molecule has 6 nitrogen and oxygen atoms in total. The third-order valence-electron chi connectivity index (χ3n) is 3.91. The van der Waals surface area contributed by atoms with Gasteiger partial charge in [0.05, 0.1) is 22.0 Å². The van der Waals surface area contributed by atoms with Crippen molar-refractivity contribution in [2.24, 2.45) is 0 Å². The average Bonchev–Trinajstić information content (AvgIpc) is 3.22. The summed E-state index contributed by atoms with van der Waals surface area (Å²) in [6, 6.07) is 4.70. The van der Waals surface area contributed by atoms with Crippen LogP contribution >= 0.6 is 34.5 Å². The summed E-state index contributed by atoms with van der Waals surface area (Å²) in [7, 11) is 0. The summed E-state index contributed by atoms with van der Waals surface area (Å²) < 4.78 is 11.5. The van der Waals surface area contributed by atoms with E-state index in [0.29, 0.717) is 28.4 Å². The van der Waals surface area contributed by atoms with Gasteiger partial charge >= 0.3 is 6.09 Å². The van der Waals surface area contributed by atoms with Crippen molar-refractivity contribution >= 4 is 57.1 Å². The highest BCUT2D eigenvalue weighted by atomic mass is 35.5. The Bertz CT molecular complexity index is 1030. The molecule has 3 aromatic rings. The van der Waals surface area contributed by atoms with Crippen molar-refractivity contribution in [3.05, 3.63) is 50.8 Å². The highest BCUT2D eigenvalue weighted by molar-refractivity contribution is 7.20. The van der Waals surface area contributed by atoms with Gasteiger partial charge in [-0.3, -0.25) is 0 Å². The molecule has 0 unspecified atom stereocenters. The number of ether oxygens (including phenoxy) is 1. The van der Waals surface area contributed by atoms with E-state index in [1.165, 1.54) is 11.3 Å². The van der Waals surface area contributed by atoms with Crippen LogP contribution in [0.2, 0.25) is 10.2 Å². The number of fused-ring (bicyclic) bond motifs is 1. The Morgan fingerprint density at radius 1 is 1.41 bits per heavy atom. The van der Waals surface area contributed by atoms with E-state index < -0.39 is 17.7 Å². The molecule has 0 radical (unpaired) electrons. The molecular weight excluding hydrogens is 435 g/mol. The van der Waals surface area contributed by atoms with Gasteiger partial charge in [-0.15, -0.1) is 11.3 Å². The second-order valence-electron chi connectivity index (χ2n) is 7.47. The topological polar surface area (TPSA) is 81.4 Å². The smallest absolute Gasteiger partial charge is 0.408 e. The molecule has 3 rings (SSSR count). The molecule has 154 valence electrons. The number of alkyl carbamates (subject to hydrolysis) is 1. The molecule has 0 saturated heterocycles. The van der Waals surface area contributed by atoms with Crippen molar-refractivity contribution in [2.45, 2.75) is 45.3 Å². The maximum atomic E-state index is 12.0. The monoisotopic (exact) mass is 454 g/mol. The van der Waals surface area contributed by atoms with Gasteiger partial charge in [-0.2, -0.15) is 0 Å². The van der Waals surface area contributed by atoms with E-state index in [4.69, 9.17) is 32.4 Å². The fourth-order valence-corrected chi connectivity index (χ4v) is 4.57. The zero-order valence-corrected chi connectivity index (χ0v) is 18.5. The van der Waals surface area contributed by atoms with E-state index in [0.717, 1.165) is 20.9 Å². The van der Waals surface area contributed by atoms with Crippen molar-refractivity contribution in [1.29, 1.82) is 0 Å². The lowest BCUT2D eigenvalue weighted by Crippen LogP contribution is -2.41. The van der Waals surface area contributed by atoms with Crippen LogP contribution in [-0.2, 0) is 22.4 Å². The Kier molecular flexibility index (Phi) is 6.51. The quantitative estimate of drug-likeness (QED) is 0.397. The summed E-state index contributed by atoms with van der Waals surface area (Å²) >= 11 is 14.1. The lowest BCUT2D eigenvalue weighted by atomic mass is 10.1. The van der Waals surface area contributed by atoms with Crippen LogP contribution in [0.1, 0.15) is 37.0 Å². The number of nitrogens with zero attached hydrogens (tertiary/aromatic N) is 1. The van der Waals surface area contributed by atoms with Gasteiger partial charge in [0, 0.05) is 17.7 Å². The average molecular weight is 455 g/mol. The van der Waals surface area contributed by atoms with Crippen molar-refractivity contribution in [3.63, 3.8) is 0 Å². The molecule has 0 aliphatic carbocycles. The lowest BCUT2D eigenvalue weighted by molar-refractivity contribution is -0.109. The molecule has 3 aromatic heterocycles. The van der Waals surface area contributed by atoms with Gasteiger partial charge in [-0.25, -0.2) is 9.78 Å². The number of thiophene rings is 1. The SMILES string of the molecule is CC(C)(C)OC(=O)N[C@@H](C=O)Cc1sc2c(Cc3ccco3)cc(Cl)nc2c1Cl. The van der Waals surface area contributed by atoms with Crippen LogP contribution in [0.3, 0.4) is 0 Å². The van der Waals surface area contributed by atoms with Crippen LogP contribution in [0.25, 0.3) is 10.2 Å². The molecule has 0 aliphatic rings. The first kappa shape index (κ1) is 21.6. The minimum Gasteiger partial charge on any atom is -0.469 e. The molecule has 0 aliphatic heterocycles. The molecule has 0 bridgehead atoms. The van der Waals surface area contributed by atoms with Gasteiger partial charge in [0.25, 0.3) is 0 Å². The molecule has 29 heavy (non-hydrogen) atoms. The molecule has 0 saturated carbocycles. The minimum atomic E-state index is -0.778. The number of carbonyl (C=O) groups excluding carboxylic acids is 2. The van der Waals surface area contributed by atoms with Crippen LogP contribution < -0.4 is 5.32 Å². The number of amides is 1. The third kappa shape index (κ3) is 5.50. The molecular formula is C20H20Cl2N2O4S. The molecule has 0 aromatic carbocycles. The van der Waals surface area contributed by atoms with Gasteiger partial charge < -0.3 is 19.3 Å². The van der Waals surface area contributed by atoms with Gasteiger partial charge in [0.15, 0.2) is 0 Å². The van der Waals surface area contributed by atoms with Crippen molar-refractivity contribution < 1.29 is 18.7 Å². The normalized spacial score (nSPS) is 12.7. The number of rotatable bonds is 6. The van der Waals surface area contributed by atoms with Crippen molar-refractivity contribution in [1.82, 2.24) is 10.3 Å². The van der Waals surface area contributed by atoms with E-state index in [2.05, 4.69) is 10.3 Å². The minimum absolute atomic E-state index is 0.223. The lowest BCUT2D eigenvalue weighted by Gasteiger charge is -2.21. The Morgan fingerprint density at radius 3 is 2.79 bits per heavy atom. The summed E-state index contributed by atoms with van der Waals surface area (Å²) in [6.45, 7) is 5.25. The van der Waals surface area contributed by atoms with Crippen LogP contribution in [0.5, 0.6) is 0 Å². The summed E-state index contributed by atoms with van der Waals surface area (Å²) in [4.78, 5) is 28.6.